The van der Waals surface area contributed by atoms with Crippen molar-refractivity contribution in [3.8, 4) is 0 Å². The zero-order chi connectivity index (χ0) is 22.0. The summed E-state index contributed by atoms with van der Waals surface area (Å²) in [7, 11) is 1.27. The Kier molecular flexibility index (Phi) is 5.35. The van der Waals surface area contributed by atoms with Crippen LogP contribution < -0.4 is 10.7 Å². The van der Waals surface area contributed by atoms with Gasteiger partial charge in [0.1, 0.15) is 11.8 Å². The third-order valence-corrected chi connectivity index (χ3v) is 4.90. The van der Waals surface area contributed by atoms with Crippen LogP contribution in [0.5, 0.6) is 0 Å². The van der Waals surface area contributed by atoms with Crippen molar-refractivity contribution in [1.82, 2.24) is 25.7 Å². The summed E-state index contributed by atoms with van der Waals surface area (Å²) in [5, 5.41) is 7.56. The monoisotopic (exact) mass is 420 g/mol. The smallest absolute Gasteiger partial charge is 0.328 e. The third kappa shape index (κ3) is 3.95. The Bertz CT molecular complexity index is 1220. The highest BCUT2D eigenvalue weighted by molar-refractivity contribution is 6.32. The highest BCUT2D eigenvalue weighted by Gasteiger charge is 2.28. The van der Waals surface area contributed by atoms with E-state index >= 15 is 0 Å². The Labute approximate surface area is 176 Å². The summed E-state index contributed by atoms with van der Waals surface area (Å²) in [5.41, 5.74) is 5.35. The van der Waals surface area contributed by atoms with Gasteiger partial charge in [-0.2, -0.15) is 5.10 Å². The number of hydrogen-bond acceptors (Lipinski definition) is 6. The highest BCUT2D eigenvalue weighted by atomic mass is 16.5. The number of aromatic amines is 2. The number of fused-ring (bicyclic) bond motifs is 1. The Hall–Kier alpha value is -4.21. The summed E-state index contributed by atoms with van der Waals surface area (Å²) in [6, 6.07) is 6.67. The van der Waals surface area contributed by atoms with Crippen LogP contribution in [0.15, 0.2) is 47.3 Å². The molecule has 1 aromatic carbocycles. The fourth-order valence-corrected chi connectivity index (χ4v) is 3.54. The number of carbonyl (C=O) groups is 3. The summed E-state index contributed by atoms with van der Waals surface area (Å²) in [6.45, 7) is 1.34. The van der Waals surface area contributed by atoms with E-state index < -0.39 is 12.0 Å². The average Bonchev–Trinajstić information content (AvgIpc) is 3.47. The first-order valence-corrected chi connectivity index (χ1v) is 9.52. The van der Waals surface area contributed by atoms with Crippen molar-refractivity contribution in [3.63, 3.8) is 0 Å². The van der Waals surface area contributed by atoms with Gasteiger partial charge in [-0.05, 0) is 17.7 Å². The quantitative estimate of drug-likeness (QED) is 0.348. The number of methoxy groups -OCH3 is 1. The SMILES string of the molecule is COC(=O)C(Cc1c(/C=C2\C(=O)NN=C2c2ncc[nH]2)[nH]c2ccccc12)NC(C)=O. The Balaban J connectivity index is 1.80. The van der Waals surface area contributed by atoms with Crippen LogP contribution in [0.1, 0.15) is 24.0 Å². The van der Waals surface area contributed by atoms with Crippen molar-refractivity contribution in [1.29, 1.82) is 0 Å². The normalized spacial score (nSPS) is 15.6. The van der Waals surface area contributed by atoms with Crippen LogP contribution in [0.3, 0.4) is 0 Å². The fourth-order valence-electron chi connectivity index (χ4n) is 3.54. The number of amides is 2. The maximum Gasteiger partial charge on any atom is 0.328 e. The number of aromatic nitrogens is 3. The summed E-state index contributed by atoms with van der Waals surface area (Å²) >= 11 is 0. The topological polar surface area (TPSA) is 141 Å². The maximum absolute atomic E-state index is 12.5. The van der Waals surface area contributed by atoms with Gasteiger partial charge in [0.25, 0.3) is 5.91 Å². The number of hydrogen-bond donors (Lipinski definition) is 4. The first kappa shape index (κ1) is 20.1. The fraction of sp³-hybridized carbons (Fsp3) is 0.190. The number of hydrazone groups is 1. The van der Waals surface area contributed by atoms with E-state index in [1.54, 1.807) is 18.5 Å². The molecule has 0 aliphatic carbocycles. The lowest BCUT2D eigenvalue weighted by Gasteiger charge is -2.16. The number of carbonyl (C=O) groups excluding carboxylic acids is 3. The van der Waals surface area contributed by atoms with Crippen LogP contribution in [-0.4, -0.2) is 51.6 Å². The molecule has 0 radical (unpaired) electrons. The van der Waals surface area contributed by atoms with Crippen LogP contribution >= 0.6 is 0 Å². The van der Waals surface area contributed by atoms with E-state index in [9.17, 15) is 14.4 Å². The first-order valence-electron chi connectivity index (χ1n) is 9.52. The lowest BCUT2D eigenvalue weighted by atomic mass is 10.00. The molecule has 4 rings (SSSR count). The van der Waals surface area contributed by atoms with Gasteiger partial charge in [-0.25, -0.2) is 15.2 Å². The number of benzene rings is 1. The van der Waals surface area contributed by atoms with E-state index in [0.29, 0.717) is 22.8 Å². The van der Waals surface area contributed by atoms with Crippen molar-refractivity contribution in [3.05, 3.63) is 59.3 Å². The van der Waals surface area contributed by atoms with Crippen molar-refractivity contribution in [2.75, 3.05) is 7.11 Å². The van der Waals surface area contributed by atoms with Crippen molar-refractivity contribution in [2.24, 2.45) is 5.10 Å². The molecule has 0 saturated carbocycles. The van der Waals surface area contributed by atoms with Crippen LogP contribution in [0.2, 0.25) is 0 Å². The molecule has 0 saturated heterocycles. The molecule has 10 heteroatoms. The van der Waals surface area contributed by atoms with Gasteiger partial charge in [-0.1, -0.05) is 18.2 Å². The van der Waals surface area contributed by atoms with Crippen LogP contribution in [0, 0.1) is 0 Å². The summed E-state index contributed by atoms with van der Waals surface area (Å²) in [5.74, 6) is -0.830. The minimum Gasteiger partial charge on any atom is -0.467 e. The number of ether oxygens (including phenoxy) is 1. The Morgan fingerprint density at radius 3 is 2.81 bits per heavy atom. The molecule has 4 N–H and O–H groups in total. The van der Waals surface area contributed by atoms with Crippen molar-refractivity contribution >= 4 is 40.5 Å². The molecule has 31 heavy (non-hydrogen) atoms. The van der Waals surface area contributed by atoms with Crippen LogP contribution in [0.4, 0.5) is 0 Å². The average molecular weight is 420 g/mol. The van der Waals surface area contributed by atoms with Gasteiger partial charge in [0.2, 0.25) is 5.91 Å². The van der Waals surface area contributed by atoms with Gasteiger partial charge < -0.3 is 20.0 Å². The molecule has 1 unspecified atom stereocenters. The summed E-state index contributed by atoms with van der Waals surface area (Å²) in [4.78, 5) is 46.7. The maximum atomic E-state index is 12.5. The van der Waals surface area contributed by atoms with Gasteiger partial charge in [-0.15, -0.1) is 0 Å². The van der Waals surface area contributed by atoms with Gasteiger partial charge in [0.15, 0.2) is 5.82 Å². The summed E-state index contributed by atoms with van der Waals surface area (Å²) < 4.78 is 4.86. The number of nitrogens with one attached hydrogen (secondary N) is 4. The highest BCUT2D eigenvalue weighted by Crippen LogP contribution is 2.27. The van der Waals surface area contributed by atoms with Gasteiger partial charge in [-0.3, -0.25) is 9.59 Å². The molecule has 3 aromatic rings. The molecule has 158 valence electrons. The molecule has 0 fully saturated rings. The lowest BCUT2D eigenvalue weighted by molar-refractivity contribution is -0.144. The van der Waals surface area contributed by atoms with E-state index in [0.717, 1.165) is 16.5 Å². The molecule has 1 aliphatic rings. The van der Waals surface area contributed by atoms with Crippen molar-refractivity contribution in [2.45, 2.75) is 19.4 Å². The zero-order valence-corrected chi connectivity index (χ0v) is 16.9. The van der Waals surface area contributed by atoms with Crippen LogP contribution in [0.25, 0.3) is 17.0 Å². The minimum absolute atomic E-state index is 0.171. The first-order chi connectivity index (χ1) is 15.0. The number of imidazole rings is 1. The molecule has 2 amide bonds. The molecular weight excluding hydrogens is 400 g/mol. The van der Waals surface area contributed by atoms with E-state index in [4.69, 9.17) is 4.74 Å². The van der Waals surface area contributed by atoms with Crippen LogP contribution in [-0.2, 0) is 25.5 Å². The predicted octanol–water partition coefficient (Wildman–Crippen LogP) is 1.03. The molecule has 2 aromatic heterocycles. The van der Waals surface area contributed by atoms with E-state index in [-0.39, 0.29) is 18.2 Å². The second-order valence-corrected chi connectivity index (χ2v) is 6.94. The van der Waals surface area contributed by atoms with Gasteiger partial charge in [0, 0.05) is 42.3 Å². The third-order valence-electron chi connectivity index (χ3n) is 4.90. The summed E-state index contributed by atoms with van der Waals surface area (Å²) in [6.07, 6.45) is 5.05. The Morgan fingerprint density at radius 2 is 2.10 bits per heavy atom. The predicted molar refractivity (Wildman–Crippen MR) is 113 cm³/mol. The van der Waals surface area contributed by atoms with E-state index in [2.05, 4.69) is 30.8 Å². The number of rotatable bonds is 6. The van der Waals surface area contributed by atoms with Gasteiger partial charge >= 0.3 is 5.97 Å². The molecule has 1 aliphatic heterocycles. The molecular formula is C21H20N6O4. The molecule has 10 nitrogen and oxygen atoms in total. The molecule has 0 bridgehead atoms. The van der Waals surface area contributed by atoms with Gasteiger partial charge in [0.05, 0.1) is 12.7 Å². The number of nitrogens with zero attached hydrogens (tertiary/aromatic N) is 2. The zero-order valence-electron chi connectivity index (χ0n) is 16.9. The molecule has 1 atom stereocenters. The number of esters is 1. The molecule has 0 spiro atoms. The molecule has 3 heterocycles. The van der Waals surface area contributed by atoms with E-state index in [1.165, 1.54) is 14.0 Å². The second-order valence-electron chi connectivity index (χ2n) is 6.94. The Morgan fingerprint density at radius 1 is 1.29 bits per heavy atom. The second kappa shape index (κ2) is 8.27. The van der Waals surface area contributed by atoms with Crippen molar-refractivity contribution < 1.29 is 19.1 Å². The number of para-hydroxylation sites is 1. The lowest BCUT2D eigenvalue weighted by Crippen LogP contribution is -2.42. The number of H-pyrrole nitrogens is 2. The largest absolute Gasteiger partial charge is 0.467 e. The minimum atomic E-state index is -0.880. The van der Waals surface area contributed by atoms with E-state index in [1.807, 2.05) is 24.3 Å². The standard InChI is InChI=1S/C21H20N6O4/c1-11(28)24-17(21(30)31-2)9-13-12-5-3-4-6-15(12)25-16(13)10-14-18(26-27-20(14)29)19-22-7-8-23-19/h3-8,10,17,25H,9H2,1-2H3,(H,22,23)(H,24,28)(H,27,29)/b14-10-.